The van der Waals surface area contributed by atoms with Crippen LogP contribution in [0.15, 0.2) is 24.4 Å². The van der Waals surface area contributed by atoms with Crippen LogP contribution in [-0.4, -0.2) is 18.2 Å². The predicted octanol–water partition coefficient (Wildman–Crippen LogP) is 4.31. The zero-order chi connectivity index (χ0) is 14.4. The van der Waals surface area contributed by atoms with Crippen LogP contribution in [0.5, 0.6) is 5.75 Å². The first-order chi connectivity index (χ1) is 8.66. The molecule has 19 heavy (non-hydrogen) atoms. The van der Waals surface area contributed by atoms with E-state index in [9.17, 15) is 5.11 Å². The van der Waals surface area contributed by atoms with Crippen LogP contribution in [0, 0.1) is 0 Å². The molecule has 2 rings (SSSR count). The fourth-order valence-corrected chi connectivity index (χ4v) is 4.44. The number of pyridine rings is 1. The first-order valence-corrected chi connectivity index (χ1v) is 9.81. The Balaban J connectivity index is 2.80. The standard InChI is InChI=1S/C15H20ClNOSi/c1-15(2,3)19(4,5)12-9-11(16)10-7-6-8-17-13(10)14(12)18/h6-9,18H,1-5H3. The van der Waals surface area contributed by atoms with E-state index in [1.807, 2.05) is 18.2 Å². The van der Waals surface area contributed by atoms with Gasteiger partial charge in [0.2, 0.25) is 0 Å². The molecule has 0 saturated heterocycles. The second-order valence-corrected chi connectivity index (χ2v) is 12.2. The Morgan fingerprint density at radius 3 is 2.47 bits per heavy atom. The second-order valence-electron chi connectivity index (χ2n) is 6.53. The minimum Gasteiger partial charge on any atom is -0.506 e. The average Bonchev–Trinajstić information content (AvgIpc) is 2.32. The van der Waals surface area contributed by atoms with Crippen molar-refractivity contribution < 1.29 is 5.11 Å². The van der Waals surface area contributed by atoms with Crippen molar-refractivity contribution in [2.45, 2.75) is 38.9 Å². The molecule has 1 heterocycles. The van der Waals surface area contributed by atoms with E-state index in [-0.39, 0.29) is 5.04 Å². The van der Waals surface area contributed by atoms with Crippen LogP contribution in [0.1, 0.15) is 20.8 Å². The van der Waals surface area contributed by atoms with Gasteiger partial charge in [-0.2, -0.15) is 0 Å². The summed E-state index contributed by atoms with van der Waals surface area (Å²) in [4.78, 5) is 4.29. The summed E-state index contributed by atoms with van der Waals surface area (Å²) in [5.41, 5.74) is 0.606. The van der Waals surface area contributed by atoms with E-state index in [1.165, 1.54) is 0 Å². The maximum absolute atomic E-state index is 10.6. The van der Waals surface area contributed by atoms with Gasteiger partial charge in [0.15, 0.2) is 0 Å². The van der Waals surface area contributed by atoms with Crippen molar-refractivity contribution in [2.24, 2.45) is 0 Å². The topological polar surface area (TPSA) is 33.1 Å². The minimum absolute atomic E-state index is 0.135. The summed E-state index contributed by atoms with van der Waals surface area (Å²) in [7, 11) is -1.85. The molecule has 1 aromatic heterocycles. The molecule has 0 aliphatic rings. The number of fused-ring (bicyclic) bond motifs is 1. The lowest BCUT2D eigenvalue weighted by molar-refractivity contribution is 0.483. The maximum Gasteiger partial charge on any atom is 0.141 e. The third kappa shape index (κ3) is 2.25. The SMILES string of the molecule is CC(C)(C)[Si](C)(C)c1cc(Cl)c2cccnc2c1O. The van der Waals surface area contributed by atoms with Crippen LogP contribution in [0.4, 0.5) is 0 Å². The van der Waals surface area contributed by atoms with Gasteiger partial charge in [0, 0.05) is 11.6 Å². The quantitative estimate of drug-likeness (QED) is 0.795. The van der Waals surface area contributed by atoms with Crippen molar-refractivity contribution >= 4 is 35.8 Å². The highest BCUT2D eigenvalue weighted by Crippen LogP contribution is 2.39. The molecule has 102 valence electrons. The van der Waals surface area contributed by atoms with Gasteiger partial charge >= 0.3 is 0 Å². The van der Waals surface area contributed by atoms with Crippen molar-refractivity contribution in [1.82, 2.24) is 4.98 Å². The van der Waals surface area contributed by atoms with E-state index in [0.717, 1.165) is 10.6 Å². The van der Waals surface area contributed by atoms with Gasteiger partial charge in [-0.15, -0.1) is 0 Å². The molecule has 2 nitrogen and oxygen atoms in total. The summed E-state index contributed by atoms with van der Waals surface area (Å²) in [5, 5.41) is 13.2. The van der Waals surface area contributed by atoms with Gasteiger partial charge in [0.25, 0.3) is 0 Å². The summed E-state index contributed by atoms with van der Waals surface area (Å²) in [6, 6.07) is 5.65. The van der Waals surface area contributed by atoms with Crippen molar-refractivity contribution in [3.63, 3.8) is 0 Å². The van der Waals surface area contributed by atoms with Gasteiger partial charge in [-0.05, 0) is 28.4 Å². The van der Waals surface area contributed by atoms with Crippen molar-refractivity contribution in [1.29, 1.82) is 0 Å². The summed E-state index contributed by atoms with van der Waals surface area (Å²) >= 11 is 6.36. The Hall–Kier alpha value is -1.06. The summed E-state index contributed by atoms with van der Waals surface area (Å²) in [5.74, 6) is 0.298. The largest absolute Gasteiger partial charge is 0.506 e. The zero-order valence-corrected chi connectivity index (χ0v) is 13.8. The Bertz CT molecular complexity index is 632. The molecule has 0 atom stereocenters. The van der Waals surface area contributed by atoms with Crippen LogP contribution in [0.2, 0.25) is 23.2 Å². The van der Waals surface area contributed by atoms with Gasteiger partial charge in [-0.25, -0.2) is 0 Å². The molecule has 2 aromatic rings. The van der Waals surface area contributed by atoms with E-state index in [1.54, 1.807) is 6.20 Å². The number of phenols is 1. The Morgan fingerprint density at radius 1 is 1.26 bits per heavy atom. The second kappa shape index (κ2) is 4.49. The van der Waals surface area contributed by atoms with Gasteiger partial charge in [-0.3, -0.25) is 4.98 Å². The van der Waals surface area contributed by atoms with Gasteiger partial charge < -0.3 is 5.11 Å². The van der Waals surface area contributed by atoms with Crippen molar-refractivity contribution in [3.8, 4) is 5.75 Å². The first-order valence-electron chi connectivity index (χ1n) is 6.43. The fourth-order valence-electron chi connectivity index (χ4n) is 2.07. The molecule has 0 fully saturated rings. The zero-order valence-electron chi connectivity index (χ0n) is 12.1. The summed E-state index contributed by atoms with van der Waals surface area (Å²) in [6.07, 6.45) is 1.69. The molecule has 1 N–H and O–H groups in total. The molecule has 0 amide bonds. The minimum atomic E-state index is -1.85. The Kier molecular flexibility index (Phi) is 3.39. The highest BCUT2D eigenvalue weighted by atomic mass is 35.5. The molecular formula is C15H20ClNOSi. The number of hydrogen-bond donors (Lipinski definition) is 1. The van der Waals surface area contributed by atoms with E-state index in [0.29, 0.717) is 16.3 Å². The third-order valence-electron chi connectivity index (χ3n) is 4.36. The average molecular weight is 294 g/mol. The third-order valence-corrected chi connectivity index (χ3v) is 10.2. The monoisotopic (exact) mass is 293 g/mol. The van der Waals surface area contributed by atoms with Crippen LogP contribution in [-0.2, 0) is 0 Å². The number of rotatable bonds is 1. The number of halogens is 1. The van der Waals surface area contributed by atoms with Gasteiger partial charge in [-0.1, -0.05) is 45.5 Å². The number of aromatic nitrogens is 1. The van der Waals surface area contributed by atoms with Crippen molar-refractivity contribution in [3.05, 3.63) is 29.4 Å². The molecule has 0 unspecified atom stereocenters. The summed E-state index contributed by atoms with van der Waals surface area (Å²) in [6.45, 7) is 11.2. The fraction of sp³-hybridized carbons (Fsp3) is 0.400. The highest BCUT2D eigenvalue weighted by Gasteiger charge is 2.39. The van der Waals surface area contributed by atoms with Crippen LogP contribution >= 0.6 is 11.6 Å². The first kappa shape index (κ1) is 14.3. The lowest BCUT2D eigenvalue weighted by atomic mass is 10.2. The molecule has 0 aliphatic heterocycles. The number of phenolic OH excluding ortho intramolecular Hbond substituents is 1. The van der Waals surface area contributed by atoms with E-state index >= 15 is 0 Å². The number of aromatic hydroxyl groups is 1. The van der Waals surface area contributed by atoms with E-state index in [4.69, 9.17) is 11.6 Å². The normalized spacial score (nSPS) is 12.9. The molecule has 0 radical (unpaired) electrons. The molecular weight excluding hydrogens is 274 g/mol. The van der Waals surface area contributed by atoms with Gasteiger partial charge in [0.1, 0.15) is 11.3 Å². The lowest BCUT2D eigenvalue weighted by Crippen LogP contribution is -2.49. The highest BCUT2D eigenvalue weighted by molar-refractivity contribution is 6.93. The molecule has 0 saturated carbocycles. The number of nitrogens with zero attached hydrogens (tertiary/aromatic N) is 1. The van der Waals surface area contributed by atoms with Gasteiger partial charge in [0.05, 0.1) is 13.1 Å². The smallest absolute Gasteiger partial charge is 0.141 e. The van der Waals surface area contributed by atoms with E-state index < -0.39 is 8.07 Å². The van der Waals surface area contributed by atoms with Crippen LogP contribution in [0.25, 0.3) is 10.9 Å². The van der Waals surface area contributed by atoms with Crippen LogP contribution < -0.4 is 5.19 Å². The maximum atomic E-state index is 10.6. The molecule has 4 heteroatoms. The number of benzene rings is 1. The summed E-state index contributed by atoms with van der Waals surface area (Å²) < 4.78 is 0. The molecule has 0 spiro atoms. The Labute approximate surface area is 120 Å². The number of hydrogen-bond acceptors (Lipinski definition) is 2. The van der Waals surface area contributed by atoms with Crippen molar-refractivity contribution in [2.75, 3.05) is 0 Å². The van der Waals surface area contributed by atoms with Crippen LogP contribution in [0.3, 0.4) is 0 Å². The molecule has 0 aliphatic carbocycles. The lowest BCUT2D eigenvalue weighted by Gasteiger charge is -2.37. The van der Waals surface area contributed by atoms with E-state index in [2.05, 4.69) is 38.8 Å². The molecule has 1 aromatic carbocycles. The molecule has 0 bridgehead atoms. The Morgan fingerprint density at radius 2 is 1.89 bits per heavy atom. The predicted molar refractivity (Wildman–Crippen MR) is 85.2 cm³/mol.